The fourth-order valence-electron chi connectivity index (χ4n) is 0.883. The fourth-order valence-corrected chi connectivity index (χ4v) is 0.883. The van der Waals surface area contributed by atoms with E-state index in [-0.39, 0.29) is 0 Å². The van der Waals surface area contributed by atoms with Gasteiger partial charge in [-0.05, 0) is 11.3 Å². The first-order valence-electron chi connectivity index (χ1n) is 4.53. The fraction of sp³-hybridized carbons (Fsp3) is 0.444. The van der Waals surface area contributed by atoms with Gasteiger partial charge in [-0.3, -0.25) is 4.98 Å². The highest BCUT2D eigenvalue weighted by Crippen LogP contribution is 2.05. The molecule has 0 aliphatic carbocycles. The molecule has 0 fully saturated rings. The van der Waals surface area contributed by atoms with E-state index in [9.17, 15) is 0 Å². The van der Waals surface area contributed by atoms with Crippen molar-refractivity contribution in [3.63, 3.8) is 0 Å². The van der Waals surface area contributed by atoms with E-state index in [4.69, 9.17) is 4.84 Å². The molecule has 0 spiro atoms. The molecule has 0 aliphatic rings. The molecule has 76 valence electrons. The number of nitrogens with zero attached hydrogens (tertiary/aromatic N) is 4. The van der Waals surface area contributed by atoms with E-state index in [0.717, 1.165) is 11.0 Å². The summed E-state index contributed by atoms with van der Waals surface area (Å²) in [4.78, 5) is 10.1. The highest BCUT2D eigenvalue weighted by molar-refractivity contribution is 5.72. The Labute approximate surface area is 82.7 Å². The third-order valence-electron chi connectivity index (χ3n) is 1.39. The van der Waals surface area contributed by atoms with Gasteiger partial charge in [0.05, 0.1) is 6.20 Å². The molecule has 0 saturated carbocycles. The highest BCUT2D eigenvalue weighted by atomic mass is 16.7. The Bertz CT molecular complexity index is 385. The van der Waals surface area contributed by atoms with E-state index in [0.29, 0.717) is 0 Å². The minimum atomic E-state index is 0.773. The van der Waals surface area contributed by atoms with Crippen LogP contribution in [0.4, 0.5) is 0 Å². The largest absolute Gasteiger partial charge is 0.398 e. The van der Waals surface area contributed by atoms with Gasteiger partial charge in [-0.25, -0.2) is 0 Å². The van der Waals surface area contributed by atoms with Gasteiger partial charge in [-0.1, -0.05) is 25.1 Å². The molecule has 0 radical (unpaired) electrons. The van der Waals surface area contributed by atoms with Gasteiger partial charge in [0.1, 0.15) is 18.1 Å². The van der Waals surface area contributed by atoms with Crippen LogP contribution in [0.3, 0.4) is 0 Å². The molecule has 0 saturated heterocycles. The van der Waals surface area contributed by atoms with Crippen molar-refractivity contribution in [1.29, 1.82) is 0 Å². The van der Waals surface area contributed by atoms with Crippen molar-refractivity contribution in [3.05, 3.63) is 18.5 Å². The molecule has 2 heterocycles. The second kappa shape index (κ2) is 5.16. The number of aromatic nitrogens is 4. The monoisotopic (exact) mass is 194 g/mol. The van der Waals surface area contributed by atoms with Gasteiger partial charge < -0.3 is 4.84 Å². The van der Waals surface area contributed by atoms with Gasteiger partial charge in [0.15, 0.2) is 0 Å². The summed E-state index contributed by atoms with van der Waals surface area (Å²) in [5.41, 5.74) is 1.55. The molecule has 2 aromatic rings. The quantitative estimate of drug-likeness (QED) is 0.686. The molecule has 0 unspecified atom stereocenters. The summed E-state index contributed by atoms with van der Waals surface area (Å²) in [6, 6.07) is 1.78. The van der Waals surface area contributed by atoms with Gasteiger partial charge in [0, 0.05) is 6.20 Å². The Balaban J connectivity index is 0.000000293. The van der Waals surface area contributed by atoms with Gasteiger partial charge >= 0.3 is 0 Å². The lowest BCUT2D eigenvalue weighted by Gasteiger charge is -1.94. The lowest BCUT2D eigenvalue weighted by molar-refractivity contribution is 0.139. The number of fused-ring (bicyclic) bond motifs is 1. The Hall–Kier alpha value is -1.65. The standard InChI is InChI=1S/C6H6N4O.C3H8/c1-11-10-6-4-7-3-2-5(6)8-9-10;1-3-2/h2-4H,1H3;3H2,1-2H3. The van der Waals surface area contributed by atoms with Crippen LogP contribution >= 0.6 is 0 Å². The molecule has 5 nitrogen and oxygen atoms in total. The maximum absolute atomic E-state index is 4.87. The summed E-state index contributed by atoms with van der Waals surface area (Å²) in [5.74, 6) is 0. The molecule has 14 heavy (non-hydrogen) atoms. The molecular weight excluding hydrogens is 180 g/mol. The first-order valence-corrected chi connectivity index (χ1v) is 4.53. The van der Waals surface area contributed by atoms with Crippen LogP contribution in [0, 0.1) is 0 Å². The summed E-state index contributed by atoms with van der Waals surface area (Å²) < 4.78 is 0. The Kier molecular flexibility index (Phi) is 3.84. The summed E-state index contributed by atoms with van der Waals surface area (Å²) >= 11 is 0. The van der Waals surface area contributed by atoms with Gasteiger partial charge in [0.2, 0.25) is 0 Å². The third-order valence-corrected chi connectivity index (χ3v) is 1.39. The Morgan fingerprint density at radius 3 is 2.79 bits per heavy atom. The number of rotatable bonds is 1. The number of pyridine rings is 1. The van der Waals surface area contributed by atoms with E-state index in [1.54, 1.807) is 18.5 Å². The van der Waals surface area contributed by atoms with E-state index in [1.807, 2.05) is 0 Å². The second-order valence-electron chi connectivity index (χ2n) is 2.72. The lowest BCUT2D eigenvalue weighted by Crippen LogP contribution is -2.06. The Morgan fingerprint density at radius 1 is 1.43 bits per heavy atom. The second-order valence-corrected chi connectivity index (χ2v) is 2.72. The maximum atomic E-state index is 4.87. The van der Waals surface area contributed by atoms with E-state index < -0.39 is 0 Å². The average Bonchev–Trinajstić information content (AvgIpc) is 2.62. The van der Waals surface area contributed by atoms with Gasteiger partial charge in [-0.15, -0.1) is 5.10 Å². The van der Waals surface area contributed by atoms with Crippen LogP contribution in [-0.4, -0.2) is 27.3 Å². The first kappa shape index (κ1) is 10.4. The molecule has 0 amide bonds. The predicted octanol–water partition coefficient (Wildman–Crippen LogP) is 1.30. The van der Waals surface area contributed by atoms with Crippen LogP contribution in [0.5, 0.6) is 0 Å². The molecule has 0 aromatic carbocycles. The molecule has 0 atom stereocenters. The molecule has 2 aromatic heterocycles. The van der Waals surface area contributed by atoms with Crippen molar-refractivity contribution in [2.45, 2.75) is 20.3 Å². The number of hydrogen-bond acceptors (Lipinski definition) is 4. The Morgan fingerprint density at radius 2 is 2.14 bits per heavy atom. The average molecular weight is 194 g/mol. The minimum Gasteiger partial charge on any atom is -0.398 e. The van der Waals surface area contributed by atoms with Crippen LogP contribution in [0.25, 0.3) is 11.0 Å². The third kappa shape index (κ3) is 2.18. The van der Waals surface area contributed by atoms with Crippen LogP contribution in [-0.2, 0) is 0 Å². The van der Waals surface area contributed by atoms with Crippen LogP contribution in [0.1, 0.15) is 20.3 Å². The van der Waals surface area contributed by atoms with E-state index in [1.165, 1.54) is 18.4 Å². The predicted molar refractivity (Wildman–Crippen MR) is 53.8 cm³/mol. The summed E-state index contributed by atoms with van der Waals surface area (Å²) in [7, 11) is 1.53. The lowest BCUT2D eigenvalue weighted by atomic mass is 10.4. The van der Waals surface area contributed by atoms with Crippen molar-refractivity contribution in [1.82, 2.24) is 20.1 Å². The molecular formula is C9H14N4O. The first-order chi connectivity index (χ1) is 6.83. The van der Waals surface area contributed by atoms with Crippen LogP contribution in [0.15, 0.2) is 18.5 Å². The smallest absolute Gasteiger partial charge is 0.149 e. The van der Waals surface area contributed by atoms with Gasteiger partial charge in [-0.2, -0.15) is 0 Å². The minimum absolute atomic E-state index is 0.773. The molecule has 0 N–H and O–H groups in total. The van der Waals surface area contributed by atoms with Crippen LogP contribution in [0.2, 0.25) is 0 Å². The molecule has 5 heteroatoms. The molecule has 2 rings (SSSR count). The summed E-state index contributed by atoms with van der Waals surface area (Å²) in [5, 5.41) is 7.56. The molecule has 0 bridgehead atoms. The van der Waals surface area contributed by atoms with Crippen molar-refractivity contribution in [2.24, 2.45) is 0 Å². The number of hydrogen-bond donors (Lipinski definition) is 0. The maximum Gasteiger partial charge on any atom is 0.149 e. The highest BCUT2D eigenvalue weighted by Gasteiger charge is 2.01. The van der Waals surface area contributed by atoms with E-state index in [2.05, 4.69) is 29.1 Å². The van der Waals surface area contributed by atoms with Crippen molar-refractivity contribution in [3.8, 4) is 0 Å². The van der Waals surface area contributed by atoms with E-state index >= 15 is 0 Å². The summed E-state index contributed by atoms with van der Waals surface area (Å²) in [6.07, 6.45) is 4.57. The van der Waals surface area contributed by atoms with Crippen LogP contribution < -0.4 is 4.84 Å². The normalized spacial score (nSPS) is 9.36. The van der Waals surface area contributed by atoms with Gasteiger partial charge in [0.25, 0.3) is 0 Å². The van der Waals surface area contributed by atoms with Crippen molar-refractivity contribution < 1.29 is 4.84 Å². The SMILES string of the molecule is CCC.COn1nnc2ccncc21. The topological polar surface area (TPSA) is 52.8 Å². The zero-order valence-electron chi connectivity index (χ0n) is 8.64. The summed E-state index contributed by atoms with van der Waals surface area (Å²) in [6.45, 7) is 4.25. The van der Waals surface area contributed by atoms with Crippen molar-refractivity contribution >= 4 is 11.0 Å². The zero-order valence-corrected chi connectivity index (χ0v) is 8.64. The molecule has 0 aliphatic heterocycles. The zero-order chi connectivity index (χ0) is 10.4. The van der Waals surface area contributed by atoms with Crippen molar-refractivity contribution in [2.75, 3.05) is 7.11 Å².